The number of rotatable bonds is 5. The molecule has 138 valence electrons. The molecule has 5 nitrogen and oxygen atoms in total. The second-order valence-electron chi connectivity index (χ2n) is 7.42. The molecule has 0 N–H and O–H groups in total. The number of aromatic nitrogens is 1. The number of hydrogen-bond acceptors (Lipinski definition) is 5. The summed E-state index contributed by atoms with van der Waals surface area (Å²) >= 11 is 0. The summed E-state index contributed by atoms with van der Waals surface area (Å²) < 4.78 is 11.6. The number of hydrogen-bond donors (Lipinski definition) is 0. The minimum Gasteiger partial charge on any atom is -0.478 e. The van der Waals surface area contributed by atoms with Crippen molar-refractivity contribution in [2.75, 3.05) is 13.7 Å². The van der Waals surface area contributed by atoms with Crippen molar-refractivity contribution < 1.29 is 14.3 Å². The molecule has 2 saturated heterocycles. The number of piperidine rings is 1. The quantitative estimate of drug-likeness (QED) is 0.764. The lowest BCUT2D eigenvalue weighted by Crippen LogP contribution is -2.43. The van der Waals surface area contributed by atoms with E-state index in [2.05, 4.69) is 16.9 Å². The highest BCUT2D eigenvalue weighted by molar-refractivity contribution is 6.03. The Morgan fingerprint density at radius 3 is 2.69 bits per heavy atom. The standard InChI is InChI=1S/C21H26N2O3/c1-3-10-25-20-13-18(17-6-4-5-7-19(17)22-20)21(24)26-16-11-14-8-9-15(12-16)23(14)2/h4-7,13-16H,3,8-12H2,1-2H3. The third-order valence-electron chi connectivity index (χ3n) is 5.70. The normalized spacial score (nSPS) is 25.4. The highest BCUT2D eigenvalue weighted by Gasteiger charge is 2.40. The van der Waals surface area contributed by atoms with E-state index in [0.717, 1.165) is 30.2 Å². The van der Waals surface area contributed by atoms with Crippen molar-refractivity contribution in [3.8, 4) is 5.88 Å². The Morgan fingerprint density at radius 1 is 1.23 bits per heavy atom. The number of esters is 1. The van der Waals surface area contributed by atoms with E-state index in [4.69, 9.17) is 9.47 Å². The molecular weight excluding hydrogens is 328 g/mol. The maximum Gasteiger partial charge on any atom is 0.339 e. The molecule has 0 amide bonds. The number of benzene rings is 1. The molecule has 3 heterocycles. The fourth-order valence-corrected chi connectivity index (χ4v) is 4.27. The average Bonchev–Trinajstić information content (AvgIpc) is 2.86. The summed E-state index contributed by atoms with van der Waals surface area (Å²) in [6, 6.07) is 10.5. The third-order valence-corrected chi connectivity index (χ3v) is 5.70. The van der Waals surface area contributed by atoms with Crippen LogP contribution in [0.5, 0.6) is 5.88 Å². The number of para-hydroxylation sites is 1. The molecule has 0 radical (unpaired) electrons. The van der Waals surface area contributed by atoms with E-state index >= 15 is 0 Å². The SMILES string of the molecule is CCCOc1cc(C(=O)OC2CC3CCC(C2)N3C)c2ccccc2n1. The monoisotopic (exact) mass is 354 g/mol. The molecule has 2 unspecified atom stereocenters. The first-order chi connectivity index (χ1) is 12.7. The van der Waals surface area contributed by atoms with Crippen molar-refractivity contribution >= 4 is 16.9 Å². The van der Waals surface area contributed by atoms with Crippen LogP contribution in [0.15, 0.2) is 30.3 Å². The lowest BCUT2D eigenvalue weighted by atomic mass is 10.0. The predicted molar refractivity (Wildman–Crippen MR) is 101 cm³/mol. The van der Waals surface area contributed by atoms with Gasteiger partial charge >= 0.3 is 5.97 Å². The first-order valence-electron chi connectivity index (χ1n) is 9.61. The molecule has 0 spiro atoms. The summed E-state index contributed by atoms with van der Waals surface area (Å²) in [5.41, 5.74) is 1.31. The van der Waals surface area contributed by atoms with Gasteiger partial charge in [-0.25, -0.2) is 9.78 Å². The van der Waals surface area contributed by atoms with E-state index < -0.39 is 0 Å². The van der Waals surface area contributed by atoms with E-state index in [1.807, 2.05) is 31.2 Å². The molecule has 1 aromatic carbocycles. The number of carbonyl (C=O) groups excluding carboxylic acids is 1. The highest BCUT2D eigenvalue weighted by Crippen LogP contribution is 2.36. The van der Waals surface area contributed by atoms with Gasteiger partial charge in [-0.2, -0.15) is 0 Å². The molecule has 1 aromatic heterocycles. The van der Waals surface area contributed by atoms with Gasteiger partial charge in [0.25, 0.3) is 0 Å². The van der Waals surface area contributed by atoms with E-state index in [1.165, 1.54) is 12.8 Å². The van der Waals surface area contributed by atoms with Crippen molar-refractivity contribution in [1.29, 1.82) is 0 Å². The fraction of sp³-hybridized carbons (Fsp3) is 0.524. The van der Waals surface area contributed by atoms with Gasteiger partial charge in [-0.3, -0.25) is 0 Å². The first kappa shape index (κ1) is 17.3. The lowest BCUT2D eigenvalue weighted by molar-refractivity contribution is -0.000306. The molecule has 0 saturated carbocycles. The minimum atomic E-state index is -0.265. The van der Waals surface area contributed by atoms with E-state index in [1.54, 1.807) is 6.07 Å². The van der Waals surface area contributed by atoms with Crippen molar-refractivity contribution in [3.63, 3.8) is 0 Å². The molecule has 2 aliphatic rings. The van der Waals surface area contributed by atoms with E-state index in [0.29, 0.717) is 30.1 Å². The van der Waals surface area contributed by atoms with Gasteiger partial charge in [0, 0.05) is 36.4 Å². The number of nitrogens with zero attached hydrogens (tertiary/aromatic N) is 2. The van der Waals surface area contributed by atoms with Crippen LogP contribution < -0.4 is 4.74 Å². The highest BCUT2D eigenvalue weighted by atomic mass is 16.5. The zero-order valence-corrected chi connectivity index (χ0v) is 15.5. The van der Waals surface area contributed by atoms with Crippen LogP contribution in [0.4, 0.5) is 0 Å². The fourth-order valence-electron chi connectivity index (χ4n) is 4.27. The number of pyridine rings is 1. The number of ether oxygens (including phenoxy) is 2. The zero-order valence-electron chi connectivity index (χ0n) is 15.5. The summed E-state index contributed by atoms with van der Waals surface area (Å²) in [5, 5.41) is 0.817. The Labute approximate surface area is 154 Å². The Kier molecular flexibility index (Phi) is 4.81. The zero-order chi connectivity index (χ0) is 18.1. The molecule has 4 rings (SSSR count). The number of carbonyl (C=O) groups is 1. The van der Waals surface area contributed by atoms with Crippen molar-refractivity contribution in [2.45, 2.75) is 57.2 Å². The molecule has 2 bridgehead atoms. The largest absolute Gasteiger partial charge is 0.478 e. The van der Waals surface area contributed by atoms with Crippen LogP contribution in [-0.2, 0) is 4.74 Å². The van der Waals surface area contributed by atoms with Gasteiger partial charge in [0.05, 0.1) is 17.7 Å². The molecule has 2 fully saturated rings. The maximum atomic E-state index is 12.9. The van der Waals surface area contributed by atoms with Gasteiger partial charge in [0.15, 0.2) is 0 Å². The smallest absolute Gasteiger partial charge is 0.339 e. The van der Waals surface area contributed by atoms with Gasteiger partial charge in [0.1, 0.15) is 6.10 Å². The van der Waals surface area contributed by atoms with Crippen molar-refractivity contribution in [2.24, 2.45) is 0 Å². The van der Waals surface area contributed by atoms with Crippen LogP contribution >= 0.6 is 0 Å². The van der Waals surface area contributed by atoms with Gasteiger partial charge in [-0.1, -0.05) is 25.1 Å². The molecule has 0 aliphatic carbocycles. The van der Waals surface area contributed by atoms with Gasteiger partial charge in [0.2, 0.25) is 5.88 Å². The van der Waals surface area contributed by atoms with E-state index in [-0.39, 0.29) is 12.1 Å². The van der Waals surface area contributed by atoms with Crippen LogP contribution in [0.1, 0.15) is 49.4 Å². The van der Waals surface area contributed by atoms with Crippen LogP contribution in [0, 0.1) is 0 Å². The second-order valence-corrected chi connectivity index (χ2v) is 7.42. The van der Waals surface area contributed by atoms with Crippen LogP contribution in [-0.4, -0.2) is 47.7 Å². The van der Waals surface area contributed by atoms with Crippen LogP contribution in [0.25, 0.3) is 10.9 Å². The van der Waals surface area contributed by atoms with Gasteiger partial charge in [-0.15, -0.1) is 0 Å². The summed E-state index contributed by atoms with van der Waals surface area (Å²) in [5.74, 6) is 0.222. The van der Waals surface area contributed by atoms with Crippen LogP contribution in [0.3, 0.4) is 0 Å². The Hall–Kier alpha value is -2.14. The van der Waals surface area contributed by atoms with Gasteiger partial charge in [-0.05, 0) is 32.4 Å². The second kappa shape index (κ2) is 7.23. The summed E-state index contributed by atoms with van der Waals surface area (Å²) in [6.45, 7) is 2.63. The average molecular weight is 354 g/mol. The summed E-state index contributed by atoms with van der Waals surface area (Å²) in [7, 11) is 2.19. The Bertz CT molecular complexity index is 793. The first-order valence-corrected chi connectivity index (χ1v) is 9.61. The molecule has 2 aliphatic heterocycles. The number of fused-ring (bicyclic) bond motifs is 3. The lowest BCUT2D eigenvalue weighted by Gasteiger charge is -2.35. The van der Waals surface area contributed by atoms with Crippen molar-refractivity contribution in [3.05, 3.63) is 35.9 Å². The van der Waals surface area contributed by atoms with Crippen molar-refractivity contribution in [1.82, 2.24) is 9.88 Å². The predicted octanol–water partition coefficient (Wildman–Crippen LogP) is 3.81. The molecule has 2 atom stereocenters. The third kappa shape index (κ3) is 3.28. The minimum absolute atomic E-state index is 0.00291. The topological polar surface area (TPSA) is 51.7 Å². The Morgan fingerprint density at radius 2 is 1.96 bits per heavy atom. The molecular formula is C21H26N2O3. The Balaban J connectivity index is 1.57. The maximum absolute atomic E-state index is 12.9. The summed E-state index contributed by atoms with van der Waals surface area (Å²) in [6.07, 6.45) is 5.18. The van der Waals surface area contributed by atoms with Crippen LogP contribution in [0.2, 0.25) is 0 Å². The van der Waals surface area contributed by atoms with Gasteiger partial charge < -0.3 is 14.4 Å². The van der Waals surface area contributed by atoms with E-state index in [9.17, 15) is 4.79 Å². The molecule has 26 heavy (non-hydrogen) atoms. The summed E-state index contributed by atoms with van der Waals surface area (Å²) in [4.78, 5) is 19.9. The molecule has 5 heteroatoms. The molecule has 2 aromatic rings.